The van der Waals surface area contributed by atoms with E-state index in [0.29, 0.717) is 6.42 Å². The van der Waals surface area contributed by atoms with Crippen LogP contribution in [-0.4, -0.2) is 6.29 Å². The van der Waals surface area contributed by atoms with Gasteiger partial charge in [0.1, 0.15) is 6.29 Å². The lowest BCUT2D eigenvalue weighted by atomic mass is 9.97. The summed E-state index contributed by atoms with van der Waals surface area (Å²) >= 11 is 0. The van der Waals surface area contributed by atoms with Gasteiger partial charge in [-0.15, -0.1) is 0 Å². The summed E-state index contributed by atoms with van der Waals surface area (Å²) in [7, 11) is 0. The van der Waals surface area contributed by atoms with Crippen molar-refractivity contribution in [2.45, 2.75) is 12.8 Å². The monoisotopic (exact) mass is 210 g/mol. The number of rotatable bonds is 4. The van der Waals surface area contributed by atoms with Crippen molar-refractivity contribution < 1.29 is 4.79 Å². The van der Waals surface area contributed by atoms with Crippen molar-refractivity contribution in [3.8, 4) is 11.1 Å². The minimum Gasteiger partial charge on any atom is -0.303 e. The van der Waals surface area contributed by atoms with Gasteiger partial charge in [0.05, 0.1) is 0 Å². The van der Waals surface area contributed by atoms with E-state index in [1.54, 1.807) is 0 Å². The predicted molar refractivity (Wildman–Crippen MR) is 66.3 cm³/mol. The number of benzene rings is 2. The fourth-order valence-corrected chi connectivity index (χ4v) is 1.85. The topological polar surface area (TPSA) is 17.1 Å². The van der Waals surface area contributed by atoms with Crippen molar-refractivity contribution in [2.24, 2.45) is 0 Å². The Balaban J connectivity index is 2.36. The van der Waals surface area contributed by atoms with Gasteiger partial charge >= 0.3 is 0 Å². The van der Waals surface area contributed by atoms with Crippen LogP contribution in [0.5, 0.6) is 0 Å². The van der Waals surface area contributed by atoms with E-state index in [0.717, 1.165) is 12.7 Å². The molecule has 1 heteroatoms. The molecule has 0 aliphatic rings. The lowest BCUT2D eigenvalue weighted by Gasteiger charge is -2.07. The molecule has 0 heterocycles. The summed E-state index contributed by atoms with van der Waals surface area (Å²) in [5.74, 6) is 0. The Morgan fingerprint density at radius 1 is 0.875 bits per heavy atom. The molecule has 0 saturated heterocycles. The maximum absolute atomic E-state index is 10.4. The van der Waals surface area contributed by atoms with Crippen LogP contribution in [0.25, 0.3) is 11.1 Å². The summed E-state index contributed by atoms with van der Waals surface area (Å²) < 4.78 is 0. The van der Waals surface area contributed by atoms with Gasteiger partial charge in [-0.1, -0.05) is 54.6 Å². The second-order valence-corrected chi connectivity index (χ2v) is 3.73. The molecule has 0 saturated carbocycles. The zero-order valence-corrected chi connectivity index (χ0v) is 9.10. The highest BCUT2D eigenvalue weighted by molar-refractivity contribution is 5.67. The van der Waals surface area contributed by atoms with Gasteiger partial charge in [0.2, 0.25) is 0 Å². The smallest absolute Gasteiger partial charge is 0.120 e. The molecule has 0 aliphatic carbocycles. The van der Waals surface area contributed by atoms with Crippen LogP contribution in [0.4, 0.5) is 0 Å². The van der Waals surface area contributed by atoms with Crippen molar-refractivity contribution in [2.75, 3.05) is 0 Å². The second-order valence-electron chi connectivity index (χ2n) is 3.73. The maximum atomic E-state index is 10.4. The molecule has 0 radical (unpaired) electrons. The maximum Gasteiger partial charge on any atom is 0.120 e. The number of carbonyl (C=O) groups excluding carboxylic acids is 1. The van der Waals surface area contributed by atoms with E-state index >= 15 is 0 Å². The summed E-state index contributed by atoms with van der Waals surface area (Å²) in [4.78, 5) is 10.4. The molecule has 0 bridgehead atoms. The van der Waals surface area contributed by atoms with E-state index in [2.05, 4.69) is 24.3 Å². The first-order chi connectivity index (χ1) is 7.92. The fourth-order valence-electron chi connectivity index (χ4n) is 1.85. The number of hydrogen-bond donors (Lipinski definition) is 0. The minimum absolute atomic E-state index is 0.587. The largest absolute Gasteiger partial charge is 0.303 e. The Hall–Kier alpha value is -1.89. The number of hydrogen-bond acceptors (Lipinski definition) is 1. The lowest BCUT2D eigenvalue weighted by molar-refractivity contribution is -0.107. The average molecular weight is 210 g/mol. The SMILES string of the molecule is O=CCCc1ccccc1-c1ccccc1. The van der Waals surface area contributed by atoms with Crippen LogP contribution in [0.1, 0.15) is 12.0 Å². The molecule has 2 aromatic rings. The standard InChI is InChI=1S/C15H14O/c16-12-6-10-14-9-4-5-11-15(14)13-7-2-1-3-8-13/h1-5,7-9,11-12H,6,10H2. The minimum atomic E-state index is 0.587. The normalized spacial score (nSPS) is 10.0. The Labute approximate surface area is 95.7 Å². The molecule has 2 aromatic carbocycles. The molecule has 0 atom stereocenters. The lowest BCUT2D eigenvalue weighted by Crippen LogP contribution is -1.90. The van der Waals surface area contributed by atoms with Crippen molar-refractivity contribution in [1.29, 1.82) is 0 Å². The van der Waals surface area contributed by atoms with E-state index in [9.17, 15) is 4.79 Å². The van der Waals surface area contributed by atoms with Crippen molar-refractivity contribution >= 4 is 6.29 Å². The van der Waals surface area contributed by atoms with Crippen molar-refractivity contribution in [3.05, 3.63) is 60.2 Å². The van der Waals surface area contributed by atoms with Gasteiger partial charge in [-0.3, -0.25) is 0 Å². The summed E-state index contributed by atoms with van der Waals surface area (Å²) in [6.45, 7) is 0. The van der Waals surface area contributed by atoms with Crippen LogP contribution >= 0.6 is 0 Å². The van der Waals surface area contributed by atoms with Crippen molar-refractivity contribution in [3.63, 3.8) is 0 Å². The van der Waals surface area contributed by atoms with Gasteiger partial charge in [0.15, 0.2) is 0 Å². The van der Waals surface area contributed by atoms with E-state index in [1.807, 2.05) is 30.3 Å². The number of carbonyl (C=O) groups is 1. The van der Waals surface area contributed by atoms with Crippen LogP contribution in [0.2, 0.25) is 0 Å². The third-order valence-corrected chi connectivity index (χ3v) is 2.63. The Bertz CT molecular complexity index is 460. The molecule has 0 unspecified atom stereocenters. The Morgan fingerprint density at radius 2 is 1.56 bits per heavy atom. The highest BCUT2D eigenvalue weighted by Crippen LogP contribution is 2.23. The zero-order valence-electron chi connectivity index (χ0n) is 9.10. The highest BCUT2D eigenvalue weighted by Gasteiger charge is 2.02. The first-order valence-electron chi connectivity index (χ1n) is 5.49. The van der Waals surface area contributed by atoms with Gasteiger partial charge < -0.3 is 4.79 Å². The zero-order chi connectivity index (χ0) is 11.2. The van der Waals surface area contributed by atoms with Gasteiger partial charge in [-0.05, 0) is 23.1 Å². The van der Waals surface area contributed by atoms with E-state index in [4.69, 9.17) is 0 Å². The molecule has 16 heavy (non-hydrogen) atoms. The van der Waals surface area contributed by atoms with Crippen LogP contribution in [0.15, 0.2) is 54.6 Å². The summed E-state index contributed by atoms with van der Waals surface area (Å²) in [5, 5.41) is 0. The highest BCUT2D eigenvalue weighted by atomic mass is 16.1. The average Bonchev–Trinajstić information content (AvgIpc) is 2.38. The molecule has 0 aliphatic heterocycles. The quantitative estimate of drug-likeness (QED) is 0.706. The van der Waals surface area contributed by atoms with Crippen LogP contribution in [-0.2, 0) is 11.2 Å². The van der Waals surface area contributed by atoms with E-state index < -0.39 is 0 Å². The van der Waals surface area contributed by atoms with Crippen molar-refractivity contribution in [1.82, 2.24) is 0 Å². The summed E-state index contributed by atoms with van der Waals surface area (Å²) in [6, 6.07) is 18.5. The fraction of sp³-hybridized carbons (Fsp3) is 0.133. The molecule has 0 fully saturated rings. The first kappa shape index (κ1) is 10.6. The van der Waals surface area contributed by atoms with E-state index in [-0.39, 0.29) is 0 Å². The summed E-state index contributed by atoms with van der Waals surface area (Å²) in [5.41, 5.74) is 3.68. The molecule has 0 aromatic heterocycles. The molecular formula is C15H14O. The predicted octanol–water partition coefficient (Wildman–Crippen LogP) is 3.49. The van der Waals surface area contributed by atoms with Crippen LogP contribution in [0, 0.1) is 0 Å². The number of aryl methyl sites for hydroxylation is 1. The molecular weight excluding hydrogens is 196 g/mol. The Morgan fingerprint density at radius 3 is 2.31 bits per heavy atom. The Kier molecular flexibility index (Phi) is 3.50. The molecule has 0 N–H and O–H groups in total. The molecule has 2 rings (SSSR count). The first-order valence-corrected chi connectivity index (χ1v) is 5.49. The van der Waals surface area contributed by atoms with Gasteiger partial charge in [0.25, 0.3) is 0 Å². The van der Waals surface area contributed by atoms with Crippen LogP contribution in [0.3, 0.4) is 0 Å². The molecule has 0 spiro atoms. The van der Waals surface area contributed by atoms with Crippen LogP contribution < -0.4 is 0 Å². The molecule has 80 valence electrons. The third-order valence-electron chi connectivity index (χ3n) is 2.63. The van der Waals surface area contributed by atoms with E-state index in [1.165, 1.54) is 16.7 Å². The third kappa shape index (κ3) is 2.37. The molecule has 0 amide bonds. The van der Waals surface area contributed by atoms with Gasteiger partial charge in [-0.2, -0.15) is 0 Å². The molecule has 1 nitrogen and oxygen atoms in total. The van der Waals surface area contributed by atoms with Gasteiger partial charge in [0, 0.05) is 6.42 Å². The second kappa shape index (κ2) is 5.26. The summed E-state index contributed by atoms with van der Waals surface area (Å²) in [6.07, 6.45) is 2.38. The number of aldehydes is 1. The van der Waals surface area contributed by atoms with Gasteiger partial charge in [-0.25, -0.2) is 0 Å².